The molecule has 0 spiro atoms. The Morgan fingerprint density at radius 3 is 2.83 bits per heavy atom. The molecule has 0 aliphatic rings. The first-order valence-corrected chi connectivity index (χ1v) is 5.60. The maximum Gasteiger partial charge on any atom is 0.325 e. The summed E-state index contributed by atoms with van der Waals surface area (Å²) in [6, 6.07) is 1.50. The van der Waals surface area contributed by atoms with E-state index in [2.05, 4.69) is 15.0 Å². The number of hydrogen-bond donors (Lipinski definition) is 1. The molecule has 0 unspecified atom stereocenters. The number of hydrogen-bond acceptors (Lipinski definition) is 5. The number of pyridine rings is 1. The molecule has 18 heavy (non-hydrogen) atoms. The second kappa shape index (κ2) is 6.80. The van der Waals surface area contributed by atoms with Crippen LogP contribution in [0.25, 0.3) is 0 Å². The maximum atomic E-state index is 11.8. The lowest BCUT2D eigenvalue weighted by atomic mass is 10.3. The largest absolute Gasteiger partial charge is 0.493 e. The van der Waals surface area contributed by atoms with Crippen LogP contribution in [0.4, 0.5) is 0 Å². The van der Waals surface area contributed by atoms with Crippen molar-refractivity contribution in [2.24, 2.45) is 0 Å². The Hall–Kier alpha value is -1.82. The number of esters is 1. The SMILES string of the molecule is CCOC(=O)CNC(=O)c1nccc(Cl)c1OC. The molecule has 1 aromatic rings. The minimum absolute atomic E-state index is 0.0225. The quantitative estimate of drug-likeness (QED) is 0.810. The van der Waals surface area contributed by atoms with Crippen LogP contribution in [0.3, 0.4) is 0 Å². The first kappa shape index (κ1) is 14.2. The first-order valence-electron chi connectivity index (χ1n) is 5.22. The number of nitrogens with zero attached hydrogens (tertiary/aromatic N) is 1. The van der Waals surface area contributed by atoms with E-state index in [9.17, 15) is 9.59 Å². The minimum atomic E-state index is -0.553. The molecule has 0 fully saturated rings. The van der Waals surface area contributed by atoms with Gasteiger partial charge < -0.3 is 14.8 Å². The van der Waals surface area contributed by atoms with Crippen LogP contribution in [-0.2, 0) is 9.53 Å². The first-order chi connectivity index (χ1) is 8.60. The minimum Gasteiger partial charge on any atom is -0.493 e. The lowest BCUT2D eigenvalue weighted by molar-refractivity contribution is -0.141. The molecule has 0 bridgehead atoms. The van der Waals surface area contributed by atoms with Gasteiger partial charge in [-0.3, -0.25) is 9.59 Å². The number of amides is 1. The van der Waals surface area contributed by atoms with E-state index < -0.39 is 11.9 Å². The average molecular weight is 273 g/mol. The molecule has 1 amide bonds. The summed E-state index contributed by atoms with van der Waals surface area (Å²) in [7, 11) is 1.38. The van der Waals surface area contributed by atoms with Gasteiger partial charge >= 0.3 is 5.97 Å². The maximum absolute atomic E-state index is 11.8. The van der Waals surface area contributed by atoms with E-state index in [1.165, 1.54) is 19.4 Å². The van der Waals surface area contributed by atoms with Crippen LogP contribution in [0.15, 0.2) is 12.3 Å². The van der Waals surface area contributed by atoms with Crippen molar-refractivity contribution >= 4 is 23.5 Å². The highest BCUT2D eigenvalue weighted by Gasteiger charge is 2.17. The van der Waals surface area contributed by atoms with Crippen molar-refractivity contribution in [1.29, 1.82) is 0 Å². The third kappa shape index (κ3) is 3.59. The fraction of sp³-hybridized carbons (Fsp3) is 0.364. The summed E-state index contributed by atoms with van der Waals surface area (Å²) < 4.78 is 9.66. The molecular weight excluding hydrogens is 260 g/mol. The van der Waals surface area contributed by atoms with Gasteiger partial charge in [-0.1, -0.05) is 11.6 Å². The van der Waals surface area contributed by atoms with Crippen molar-refractivity contribution in [1.82, 2.24) is 10.3 Å². The molecular formula is C11H13ClN2O4. The van der Waals surface area contributed by atoms with E-state index >= 15 is 0 Å². The van der Waals surface area contributed by atoms with Crippen molar-refractivity contribution < 1.29 is 19.1 Å². The van der Waals surface area contributed by atoms with Crippen molar-refractivity contribution in [3.63, 3.8) is 0 Å². The molecule has 1 rings (SSSR count). The number of methoxy groups -OCH3 is 1. The van der Waals surface area contributed by atoms with E-state index in [-0.39, 0.29) is 29.6 Å². The van der Waals surface area contributed by atoms with Crippen molar-refractivity contribution in [3.8, 4) is 5.75 Å². The third-order valence-electron chi connectivity index (χ3n) is 1.97. The highest BCUT2D eigenvalue weighted by atomic mass is 35.5. The van der Waals surface area contributed by atoms with Crippen LogP contribution in [0, 0.1) is 0 Å². The summed E-state index contributed by atoms with van der Waals surface area (Å²) in [5, 5.41) is 2.64. The fourth-order valence-electron chi connectivity index (χ4n) is 1.23. The van der Waals surface area contributed by atoms with Gasteiger partial charge in [-0.05, 0) is 13.0 Å². The zero-order valence-electron chi connectivity index (χ0n) is 10.0. The number of carbonyl (C=O) groups is 2. The molecule has 7 heteroatoms. The standard InChI is InChI=1S/C11H13ClN2O4/c1-3-18-8(15)6-14-11(16)9-10(17-2)7(12)4-5-13-9/h4-5H,3,6H2,1-2H3,(H,14,16). The number of halogens is 1. The van der Waals surface area contributed by atoms with Crippen LogP contribution in [0.5, 0.6) is 5.75 Å². The van der Waals surface area contributed by atoms with Crippen LogP contribution in [-0.4, -0.2) is 37.1 Å². The molecule has 0 atom stereocenters. The van der Waals surface area contributed by atoms with Crippen LogP contribution >= 0.6 is 11.6 Å². The highest BCUT2D eigenvalue weighted by molar-refractivity contribution is 6.32. The second-order valence-electron chi connectivity index (χ2n) is 3.16. The van der Waals surface area contributed by atoms with Gasteiger partial charge in [0.05, 0.1) is 18.7 Å². The average Bonchev–Trinajstić information content (AvgIpc) is 2.36. The summed E-state index contributed by atoms with van der Waals surface area (Å²) in [5.74, 6) is -0.908. The summed E-state index contributed by atoms with van der Waals surface area (Å²) >= 11 is 5.85. The van der Waals surface area contributed by atoms with Gasteiger partial charge in [0.25, 0.3) is 5.91 Å². The van der Waals surface area contributed by atoms with Crippen LogP contribution in [0.1, 0.15) is 17.4 Å². The lowest BCUT2D eigenvalue weighted by Gasteiger charge is -2.09. The second-order valence-corrected chi connectivity index (χ2v) is 3.57. The number of aromatic nitrogens is 1. The topological polar surface area (TPSA) is 77.5 Å². The van der Waals surface area contributed by atoms with Gasteiger partial charge in [-0.2, -0.15) is 0 Å². The molecule has 0 radical (unpaired) electrons. The summed E-state index contributed by atoms with van der Waals surface area (Å²) in [6.07, 6.45) is 1.38. The zero-order chi connectivity index (χ0) is 13.5. The highest BCUT2D eigenvalue weighted by Crippen LogP contribution is 2.26. The Labute approximate surface area is 109 Å². The van der Waals surface area contributed by atoms with E-state index in [0.717, 1.165) is 0 Å². The summed E-state index contributed by atoms with van der Waals surface area (Å²) in [6.45, 7) is 1.71. The van der Waals surface area contributed by atoms with Gasteiger partial charge in [-0.15, -0.1) is 0 Å². The fourth-order valence-corrected chi connectivity index (χ4v) is 1.45. The monoisotopic (exact) mass is 272 g/mol. The molecule has 1 aromatic heterocycles. The molecule has 1 heterocycles. The molecule has 1 N–H and O–H groups in total. The zero-order valence-corrected chi connectivity index (χ0v) is 10.8. The number of ether oxygens (including phenoxy) is 2. The predicted octanol–water partition coefficient (Wildman–Crippen LogP) is 1.04. The molecule has 0 aliphatic carbocycles. The molecule has 0 aliphatic heterocycles. The Morgan fingerprint density at radius 2 is 2.22 bits per heavy atom. The van der Waals surface area contributed by atoms with Crippen molar-refractivity contribution in [2.75, 3.05) is 20.3 Å². The molecule has 6 nitrogen and oxygen atoms in total. The Morgan fingerprint density at radius 1 is 1.50 bits per heavy atom. The Balaban J connectivity index is 2.73. The van der Waals surface area contributed by atoms with Crippen LogP contribution in [0.2, 0.25) is 5.02 Å². The van der Waals surface area contributed by atoms with Gasteiger partial charge in [0.15, 0.2) is 11.4 Å². The summed E-state index contributed by atoms with van der Waals surface area (Å²) in [4.78, 5) is 26.7. The lowest BCUT2D eigenvalue weighted by Crippen LogP contribution is -2.31. The van der Waals surface area contributed by atoms with Crippen molar-refractivity contribution in [3.05, 3.63) is 23.0 Å². The van der Waals surface area contributed by atoms with E-state index in [1.54, 1.807) is 6.92 Å². The van der Waals surface area contributed by atoms with Crippen LogP contribution < -0.4 is 10.1 Å². The molecule has 0 aromatic carbocycles. The smallest absolute Gasteiger partial charge is 0.325 e. The molecule has 98 valence electrons. The van der Waals surface area contributed by atoms with Gasteiger partial charge in [0, 0.05) is 6.20 Å². The molecule has 0 saturated heterocycles. The van der Waals surface area contributed by atoms with E-state index in [0.29, 0.717) is 0 Å². The van der Waals surface area contributed by atoms with Gasteiger partial charge in [-0.25, -0.2) is 4.98 Å². The molecule has 0 saturated carbocycles. The van der Waals surface area contributed by atoms with E-state index in [1.807, 2.05) is 0 Å². The normalized spacial score (nSPS) is 9.72. The van der Waals surface area contributed by atoms with Gasteiger partial charge in [0.1, 0.15) is 6.54 Å². The van der Waals surface area contributed by atoms with Gasteiger partial charge in [0.2, 0.25) is 0 Å². The summed E-state index contributed by atoms with van der Waals surface area (Å²) in [5.41, 5.74) is 0.0225. The van der Waals surface area contributed by atoms with E-state index in [4.69, 9.17) is 16.3 Å². The van der Waals surface area contributed by atoms with Crippen molar-refractivity contribution in [2.45, 2.75) is 6.92 Å². The Bertz CT molecular complexity index is 451. The number of rotatable bonds is 5. The number of nitrogens with one attached hydrogen (secondary N) is 1. The number of carbonyl (C=O) groups excluding carboxylic acids is 2. The third-order valence-corrected chi connectivity index (χ3v) is 2.27. The predicted molar refractivity (Wildman–Crippen MR) is 64.8 cm³/mol. The Kier molecular flexibility index (Phi) is 5.38.